The fourth-order valence-corrected chi connectivity index (χ4v) is 2.08. The maximum absolute atomic E-state index is 11.8. The number of carbonyl (C=O) groups excluding carboxylic acids is 1. The summed E-state index contributed by atoms with van der Waals surface area (Å²) < 4.78 is 5.46. The molecule has 1 N–H and O–H groups in total. The van der Waals surface area contributed by atoms with Crippen LogP contribution in [0.2, 0.25) is 0 Å². The average molecular weight is 233 g/mol. The number of rotatable bonds is 4. The maximum Gasteiger partial charge on any atom is 0.224 e. The second kappa shape index (κ2) is 5.82. The number of nitrogens with one attached hydrogen (secondary N) is 1. The van der Waals surface area contributed by atoms with E-state index in [1.165, 1.54) is 5.56 Å². The molecule has 1 aliphatic heterocycles. The monoisotopic (exact) mass is 233 g/mol. The van der Waals surface area contributed by atoms with Crippen LogP contribution in [0.5, 0.6) is 0 Å². The predicted molar refractivity (Wildman–Crippen MR) is 66.9 cm³/mol. The summed E-state index contributed by atoms with van der Waals surface area (Å²) >= 11 is 0. The molecule has 0 unspecified atom stereocenters. The van der Waals surface area contributed by atoms with Crippen LogP contribution in [0.15, 0.2) is 24.3 Å². The predicted octanol–water partition coefficient (Wildman–Crippen LogP) is 1.83. The summed E-state index contributed by atoms with van der Waals surface area (Å²) in [6.45, 7) is 3.51. The maximum atomic E-state index is 11.8. The van der Waals surface area contributed by atoms with Crippen molar-refractivity contribution in [1.29, 1.82) is 0 Å². The van der Waals surface area contributed by atoms with E-state index >= 15 is 0 Å². The molecule has 1 aromatic rings. The Morgan fingerprint density at radius 1 is 1.47 bits per heavy atom. The van der Waals surface area contributed by atoms with Gasteiger partial charge in [0.2, 0.25) is 5.91 Å². The van der Waals surface area contributed by atoms with Gasteiger partial charge in [-0.25, -0.2) is 0 Å². The standard InChI is InChI=1S/C14H19NO2/c1-11-5-2-3-6-12(11)9-14(16)15-10-13-7-4-8-17-13/h2-3,5-6,13H,4,7-10H2,1H3,(H,15,16)/t13-/m1/s1. The van der Waals surface area contributed by atoms with Crippen LogP contribution in [-0.2, 0) is 16.0 Å². The third-order valence-corrected chi connectivity index (χ3v) is 3.16. The van der Waals surface area contributed by atoms with Crippen LogP contribution in [0.1, 0.15) is 24.0 Å². The number of hydrogen-bond donors (Lipinski definition) is 1. The first-order chi connectivity index (χ1) is 8.25. The lowest BCUT2D eigenvalue weighted by Gasteiger charge is -2.11. The molecule has 0 aromatic heterocycles. The first-order valence-corrected chi connectivity index (χ1v) is 6.18. The second-order valence-corrected chi connectivity index (χ2v) is 4.54. The van der Waals surface area contributed by atoms with Gasteiger partial charge in [0.05, 0.1) is 12.5 Å². The van der Waals surface area contributed by atoms with E-state index in [0.29, 0.717) is 13.0 Å². The van der Waals surface area contributed by atoms with Crippen LogP contribution in [0.4, 0.5) is 0 Å². The highest BCUT2D eigenvalue weighted by Gasteiger charge is 2.16. The zero-order valence-corrected chi connectivity index (χ0v) is 10.2. The highest BCUT2D eigenvalue weighted by atomic mass is 16.5. The molecule has 1 amide bonds. The fourth-order valence-electron chi connectivity index (χ4n) is 2.08. The van der Waals surface area contributed by atoms with Gasteiger partial charge in [0.15, 0.2) is 0 Å². The van der Waals surface area contributed by atoms with Gasteiger partial charge in [0.25, 0.3) is 0 Å². The number of carbonyl (C=O) groups is 1. The Balaban J connectivity index is 1.79. The number of benzene rings is 1. The van der Waals surface area contributed by atoms with Crippen molar-refractivity contribution in [2.24, 2.45) is 0 Å². The summed E-state index contributed by atoms with van der Waals surface area (Å²) in [5.41, 5.74) is 2.26. The molecule has 1 saturated heterocycles. The number of ether oxygens (including phenoxy) is 1. The van der Waals surface area contributed by atoms with Gasteiger partial charge in [-0.15, -0.1) is 0 Å². The van der Waals surface area contributed by atoms with Crippen LogP contribution in [0, 0.1) is 6.92 Å². The molecule has 1 fully saturated rings. The molecule has 1 aliphatic rings. The molecule has 17 heavy (non-hydrogen) atoms. The smallest absolute Gasteiger partial charge is 0.224 e. The van der Waals surface area contributed by atoms with Gasteiger partial charge < -0.3 is 10.1 Å². The summed E-state index contributed by atoms with van der Waals surface area (Å²) in [7, 11) is 0. The molecule has 3 heteroatoms. The number of amides is 1. The van der Waals surface area contributed by atoms with Crippen molar-refractivity contribution >= 4 is 5.91 Å². The Hall–Kier alpha value is -1.35. The summed E-state index contributed by atoms with van der Waals surface area (Å²) in [5, 5.41) is 2.94. The van der Waals surface area contributed by atoms with Crippen molar-refractivity contribution in [2.75, 3.05) is 13.2 Å². The third-order valence-electron chi connectivity index (χ3n) is 3.16. The zero-order valence-electron chi connectivity index (χ0n) is 10.2. The molecule has 0 radical (unpaired) electrons. The Bertz CT molecular complexity index is 384. The Labute approximate surface area is 102 Å². The van der Waals surface area contributed by atoms with Crippen LogP contribution >= 0.6 is 0 Å². The summed E-state index contributed by atoms with van der Waals surface area (Å²) in [6, 6.07) is 7.99. The molecule has 2 rings (SSSR count). The molecular weight excluding hydrogens is 214 g/mol. The van der Waals surface area contributed by atoms with E-state index in [-0.39, 0.29) is 12.0 Å². The van der Waals surface area contributed by atoms with Gasteiger partial charge in [-0.05, 0) is 30.9 Å². The van der Waals surface area contributed by atoms with Crippen molar-refractivity contribution in [3.63, 3.8) is 0 Å². The molecule has 1 aromatic carbocycles. The van der Waals surface area contributed by atoms with E-state index in [1.54, 1.807) is 0 Å². The van der Waals surface area contributed by atoms with E-state index in [4.69, 9.17) is 4.74 Å². The lowest BCUT2D eigenvalue weighted by molar-refractivity contribution is -0.120. The Morgan fingerprint density at radius 2 is 2.29 bits per heavy atom. The normalized spacial score (nSPS) is 19.2. The van der Waals surface area contributed by atoms with Gasteiger partial charge in [-0.1, -0.05) is 24.3 Å². The lowest BCUT2D eigenvalue weighted by atomic mass is 10.1. The minimum atomic E-state index is 0.0785. The van der Waals surface area contributed by atoms with Gasteiger partial charge in [0, 0.05) is 13.2 Å². The molecule has 3 nitrogen and oxygen atoms in total. The summed E-state index contributed by atoms with van der Waals surface area (Å²) in [4.78, 5) is 11.8. The first-order valence-electron chi connectivity index (χ1n) is 6.18. The molecule has 0 spiro atoms. The second-order valence-electron chi connectivity index (χ2n) is 4.54. The van der Waals surface area contributed by atoms with Crippen molar-refractivity contribution in [2.45, 2.75) is 32.3 Å². The largest absolute Gasteiger partial charge is 0.376 e. The van der Waals surface area contributed by atoms with Gasteiger partial charge in [-0.2, -0.15) is 0 Å². The van der Waals surface area contributed by atoms with E-state index in [2.05, 4.69) is 5.32 Å². The lowest BCUT2D eigenvalue weighted by Crippen LogP contribution is -2.32. The van der Waals surface area contributed by atoms with Gasteiger partial charge >= 0.3 is 0 Å². The average Bonchev–Trinajstić information content (AvgIpc) is 2.82. The Kier molecular flexibility index (Phi) is 4.15. The van der Waals surface area contributed by atoms with Crippen LogP contribution < -0.4 is 5.32 Å². The summed E-state index contributed by atoms with van der Waals surface area (Å²) in [5.74, 6) is 0.0785. The minimum Gasteiger partial charge on any atom is -0.376 e. The fraction of sp³-hybridized carbons (Fsp3) is 0.500. The topological polar surface area (TPSA) is 38.3 Å². The van der Waals surface area contributed by atoms with Gasteiger partial charge in [0.1, 0.15) is 0 Å². The number of aryl methyl sites for hydroxylation is 1. The van der Waals surface area contributed by atoms with E-state index in [1.807, 2.05) is 31.2 Å². The van der Waals surface area contributed by atoms with Gasteiger partial charge in [-0.3, -0.25) is 4.79 Å². The quantitative estimate of drug-likeness (QED) is 0.861. The van der Waals surface area contributed by atoms with E-state index in [0.717, 1.165) is 25.0 Å². The molecule has 1 atom stereocenters. The summed E-state index contributed by atoms with van der Waals surface area (Å²) in [6.07, 6.45) is 2.85. The van der Waals surface area contributed by atoms with Crippen LogP contribution in [0.3, 0.4) is 0 Å². The van der Waals surface area contributed by atoms with Crippen molar-refractivity contribution in [3.05, 3.63) is 35.4 Å². The van der Waals surface area contributed by atoms with Crippen molar-refractivity contribution < 1.29 is 9.53 Å². The zero-order chi connectivity index (χ0) is 12.1. The first kappa shape index (κ1) is 12.1. The minimum absolute atomic E-state index is 0.0785. The highest BCUT2D eigenvalue weighted by molar-refractivity contribution is 5.78. The van der Waals surface area contributed by atoms with Crippen molar-refractivity contribution in [3.8, 4) is 0 Å². The third kappa shape index (κ3) is 3.56. The molecule has 0 saturated carbocycles. The number of hydrogen-bond acceptors (Lipinski definition) is 2. The van der Waals surface area contributed by atoms with Crippen molar-refractivity contribution in [1.82, 2.24) is 5.32 Å². The molecule has 1 heterocycles. The molecular formula is C14H19NO2. The highest BCUT2D eigenvalue weighted by Crippen LogP contribution is 2.11. The molecule has 0 bridgehead atoms. The van der Waals surface area contributed by atoms with Crippen LogP contribution in [-0.4, -0.2) is 25.2 Å². The molecule has 0 aliphatic carbocycles. The van der Waals surface area contributed by atoms with E-state index in [9.17, 15) is 4.79 Å². The Morgan fingerprint density at radius 3 is 3.00 bits per heavy atom. The van der Waals surface area contributed by atoms with E-state index < -0.39 is 0 Å². The van der Waals surface area contributed by atoms with Crippen LogP contribution in [0.25, 0.3) is 0 Å². The SMILES string of the molecule is Cc1ccccc1CC(=O)NC[C@H]1CCCO1. The molecule has 92 valence electrons.